The zero-order valence-electron chi connectivity index (χ0n) is 13.4. The SMILES string of the molecule is O=C(O)CC1CCc2cc(OCCC3CCNCC3)ccc2O1. The highest BCUT2D eigenvalue weighted by molar-refractivity contribution is 5.67. The van der Waals surface area contributed by atoms with E-state index < -0.39 is 5.97 Å². The van der Waals surface area contributed by atoms with Gasteiger partial charge in [0.15, 0.2) is 0 Å². The fourth-order valence-corrected chi connectivity index (χ4v) is 3.36. The molecule has 0 aromatic heterocycles. The molecule has 5 heteroatoms. The number of rotatable bonds is 6. The van der Waals surface area contributed by atoms with Crippen LogP contribution in [-0.2, 0) is 11.2 Å². The van der Waals surface area contributed by atoms with E-state index in [0.717, 1.165) is 61.9 Å². The van der Waals surface area contributed by atoms with Gasteiger partial charge in [-0.15, -0.1) is 0 Å². The van der Waals surface area contributed by atoms with Gasteiger partial charge in [-0.25, -0.2) is 0 Å². The first-order valence-corrected chi connectivity index (χ1v) is 8.55. The van der Waals surface area contributed by atoms with Gasteiger partial charge in [0.1, 0.15) is 17.6 Å². The Bertz CT molecular complexity index is 540. The average molecular weight is 319 g/mol. The van der Waals surface area contributed by atoms with E-state index in [-0.39, 0.29) is 12.5 Å². The molecule has 23 heavy (non-hydrogen) atoms. The zero-order chi connectivity index (χ0) is 16.1. The first-order chi connectivity index (χ1) is 11.2. The van der Waals surface area contributed by atoms with Crippen LogP contribution in [0.5, 0.6) is 11.5 Å². The second kappa shape index (κ2) is 7.68. The minimum Gasteiger partial charge on any atom is -0.494 e. The normalized spacial score (nSPS) is 21.3. The molecule has 1 atom stereocenters. The Morgan fingerprint density at radius 3 is 2.91 bits per heavy atom. The second-order valence-electron chi connectivity index (χ2n) is 6.48. The Balaban J connectivity index is 1.49. The largest absolute Gasteiger partial charge is 0.494 e. The second-order valence-corrected chi connectivity index (χ2v) is 6.48. The van der Waals surface area contributed by atoms with Crippen LogP contribution in [0.2, 0.25) is 0 Å². The summed E-state index contributed by atoms with van der Waals surface area (Å²) in [4.78, 5) is 10.8. The molecule has 126 valence electrons. The Kier molecular flexibility index (Phi) is 5.39. The third-order valence-electron chi connectivity index (χ3n) is 4.72. The summed E-state index contributed by atoms with van der Waals surface area (Å²) in [5.41, 5.74) is 1.12. The Morgan fingerprint density at radius 1 is 1.30 bits per heavy atom. The smallest absolute Gasteiger partial charge is 0.307 e. The minimum absolute atomic E-state index is 0.0634. The lowest BCUT2D eigenvalue weighted by atomic mass is 9.95. The number of carboxylic acid groups (broad SMARTS) is 1. The molecule has 5 nitrogen and oxygen atoms in total. The van der Waals surface area contributed by atoms with E-state index in [2.05, 4.69) is 5.32 Å². The minimum atomic E-state index is -0.809. The van der Waals surface area contributed by atoms with Crippen LogP contribution in [0.25, 0.3) is 0 Å². The summed E-state index contributed by atoms with van der Waals surface area (Å²) in [6, 6.07) is 5.86. The van der Waals surface area contributed by atoms with Gasteiger partial charge in [0, 0.05) is 0 Å². The number of aryl methyl sites for hydroxylation is 1. The van der Waals surface area contributed by atoms with E-state index in [4.69, 9.17) is 14.6 Å². The van der Waals surface area contributed by atoms with Gasteiger partial charge in [0.2, 0.25) is 0 Å². The van der Waals surface area contributed by atoms with E-state index >= 15 is 0 Å². The van der Waals surface area contributed by atoms with Gasteiger partial charge in [0.05, 0.1) is 13.0 Å². The van der Waals surface area contributed by atoms with Crippen LogP contribution in [-0.4, -0.2) is 36.9 Å². The quantitative estimate of drug-likeness (QED) is 0.843. The van der Waals surface area contributed by atoms with Crippen molar-refractivity contribution in [3.63, 3.8) is 0 Å². The fraction of sp³-hybridized carbons (Fsp3) is 0.611. The highest BCUT2D eigenvalue weighted by Gasteiger charge is 2.22. The number of benzene rings is 1. The number of nitrogens with one attached hydrogen (secondary N) is 1. The first-order valence-electron chi connectivity index (χ1n) is 8.55. The number of fused-ring (bicyclic) bond motifs is 1. The van der Waals surface area contributed by atoms with Crippen molar-refractivity contribution >= 4 is 5.97 Å². The van der Waals surface area contributed by atoms with Crippen LogP contribution < -0.4 is 14.8 Å². The van der Waals surface area contributed by atoms with Crippen molar-refractivity contribution < 1.29 is 19.4 Å². The molecule has 2 heterocycles. The van der Waals surface area contributed by atoms with Crippen molar-refractivity contribution in [3.8, 4) is 11.5 Å². The van der Waals surface area contributed by atoms with Gasteiger partial charge in [-0.05, 0) is 74.9 Å². The molecule has 0 aliphatic carbocycles. The monoisotopic (exact) mass is 319 g/mol. The Hall–Kier alpha value is -1.75. The van der Waals surface area contributed by atoms with Gasteiger partial charge in [-0.2, -0.15) is 0 Å². The van der Waals surface area contributed by atoms with Gasteiger partial charge in [0.25, 0.3) is 0 Å². The number of hydrogen-bond donors (Lipinski definition) is 2. The summed E-state index contributed by atoms with van der Waals surface area (Å²) in [5.74, 6) is 1.65. The van der Waals surface area contributed by atoms with Gasteiger partial charge in [-0.1, -0.05) is 0 Å². The number of ether oxygens (including phenoxy) is 2. The molecule has 0 saturated carbocycles. The summed E-state index contributed by atoms with van der Waals surface area (Å²) in [6.45, 7) is 3.00. The maximum Gasteiger partial charge on any atom is 0.307 e. The maximum atomic E-state index is 10.8. The summed E-state index contributed by atoms with van der Waals surface area (Å²) in [6.07, 6.45) is 5.03. The molecule has 1 aromatic carbocycles. The molecule has 0 amide bonds. The lowest BCUT2D eigenvalue weighted by Gasteiger charge is -2.25. The Morgan fingerprint density at radius 2 is 2.13 bits per heavy atom. The average Bonchev–Trinajstić information content (AvgIpc) is 2.55. The van der Waals surface area contributed by atoms with Crippen molar-refractivity contribution in [2.45, 2.75) is 44.6 Å². The van der Waals surface area contributed by atoms with Crippen LogP contribution in [0.3, 0.4) is 0 Å². The van der Waals surface area contributed by atoms with E-state index in [1.54, 1.807) is 0 Å². The van der Waals surface area contributed by atoms with Gasteiger partial charge in [-0.3, -0.25) is 4.79 Å². The zero-order valence-corrected chi connectivity index (χ0v) is 13.4. The van der Waals surface area contributed by atoms with Crippen molar-refractivity contribution in [2.75, 3.05) is 19.7 Å². The molecule has 0 radical (unpaired) electrons. The molecule has 1 aromatic rings. The standard InChI is InChI=1S/C18H25NO4/c20-18(21)12-16-2-1-14-11-15(3-4-17(14)23-16)22-10-7-13-5-8-19-9-6-13/h3-4,11,13,16,19H,1-2,5-10,12H2,(H,20,21). The van der Waals surface area contributed by atoms with Crippen LogP contribution >= 0.6 is 0 Å². The number of carboxylic acids is 1. The fourth-order valence-electron chi connectivity index (χ4n) is 3.36. The van der Waals surface area contributed by atoms with E-state index in [1.807, 2.05) is 18.2 Å². The molecule has 2 aliphatic rings. The first kappa shape index (κ1) is 16.1. The summed E-state index contributed by atoms with van der Waals surface area (Å²) >= 11 is 0. The predicted molar refractivity (Wildman–Crippen MR) is 87.1 cm³/mol. The van der Waals surface area contributed by atoms with Gasteiger partial charge < -0.3 is 19.9 Å². The molecule has 3 rings (SSSR count). The van der Waals surface area contributed by atoms with Crippen LogP contribution in [0.4, 0.5) is 0 Å². The third kappa shape index (κ3) is 4.61. The topological polar surface area (TPSA) is 67.8 Å². The molecular weight excluding hydrogens is 294 g/mol. The third-order valence-corrected chi connectivity index (χ3v) is 4.72. The number of carbonyl (C=O) groups is 1. The number of aliphatic carboxylic acids is 1. The molecule has 0 bridgehead atoms. The molecule has 2 N–H and O–H groups in total. The number of piperidine rings is 1. The molecule has 2 aliphatic heterocycles. The van der Waals surface area contributed by atoms with Crippen molar-refractivity contribution in [1.29, 1.82) is 0 Å². The number of hydrogen-bond acceptors (Lipinski definition) is 4. The lowest BCUT2D eigenvalue weighted by molar-refractivity contribution is -0.139. The Labute approximate surface area is 137 Å². The van der Waals surface area contributed by atoms with Crippen LogP contribution in [0, 0.1) is 5.92 Å². The van der Waals surface area contributed by atoms with Crippen LogP contribution in [0.1, 0.15) is 37.7 Å². The summed E-state index contributed by atoms with van der Waals surface area (Å²) < 4.78 is 11.7. The van der Waals surface area contributed by atoms with Crippen molar-refractivity contribution in [1.82, 2.24) is 5.32 Å². The van der Waals surface area contributed by atoms with E-state index in [1.165, 1.54) is 12.8 Å². The van der Waals surface area contributed by atoms with Gasteiger partial charge >= 0.3 is 5.97 Å². The molecule has 1 unspecified atom stereocenters. The van der Waals surface area contributed by atoms with E-state index in [0.29, 0.717) is 0 Å². The molecular formula is C18H25NO4. The molecule has 1 fully saturated rings. The highest BCUT2D eigenvalue weighted by Crippen LogP contribution is 2.32. The molecule has 0 spiro atoms. The maximum absolute atomic E-state index is 10.8. The van der Waals surface area contributed by atoms with Crippen LogP contribution in [0.15, 0.2) is 18.2 Å². The predicted octanol–water partition coefficient (Wildman–Crippen LogP) is 2.62. The van der Waals surface area contributed by atoms with Crippen molar-refractivity contribution in [2.24, 2.45) is 5.92 Å². The summed E-state index contributed by atoms with van der Waals surface area (Å²) in [7, 11) is 0. The van der Waals surface area contributed by atoms with Crippen molar-refractivity contribution in [3.05, 3.63) is 23.8 Å². The lowest BCUT2D eigenvalue weighted by Crippen LogP contribution is -2.28. The molecule has 1 saturated heterocycles. The summed E-state index contributed by atoms with van der Waals surface area (Å²) in [5, 5.41) is 12.2. The highest BCUT2D eigenvalue weighted by atomic mass is 16.5. The van der Waals surface area contributed by atoms with E-state index in [9.17, 15) is 4.79 Å².